The summed E-state index contributed by atoms with van der Waals surface area (Å²) in [4.78, 5) is 11.6. The zero-order valence-electron chi connectivity index (χ0n) is 10.2. The van der Waals surface area contributed by atoms with Crippen molar-refractivity contribution in [3.8, 4) is 0 Å². The van der Waals surface area contributed by atoms with Gasteiger partial charge in [-0.1, -0.05) is 13.8 Å². The van der Waals surface area contributed by atoms with Crippen molar-refractivity contribution in [1.82, 2.24) is 10.6 Å². The molecule has 1 aliphatic heterocycles. The Morgan fingerprint density at radius 3 is 2.56 bits per heavy atom. The van der Waals surface area contributed by atoms with Gasteiger partial charge in [0.05, 0.1) is 6.54 Å². The fourth-order valence-corrected chi connectivity index (χ4v) is 2.15. The standard InChI is InChI=1S/C12H22N2O2/c1-12(2)7-10(12)13-8-11(15)14-9-3-5-16-6-4-9/h9-10,13H,3-8H2,1-2H3,(H,14,15). The number of carbonyl (C=O) groups excluding carboxylic acids is 1. The van der Waals surface area contributed by atoms with Crippen LogP contribution in [0.15, 0.2) is 0 Å². The summed E-state index contributed by atoms with van der Waals surface area (Å²) in [5.41, 5.74) is 0.388. The molecule has 1 atom stereocenters. The lowest BCUT2D eigenvalue weighted by molar-refractivity contribution is -0.121. The number of nitrogens with one attached hydrogen (secondary N) is 2. The summed E-state index contributed by atoms with van der Waals surface area (Å²) >= 11 is 0. The number of ether oxygens (including phenoxy) is 1. The average Bonchev–Trinajstić information content (AvgIpc) is 2.85. The van der Waals surface area contributed by atoms with E-state index >= 15 is 0 Å². The van der Waals surface area contributed by atoms with E-state index in [4.69, 9.17) is 4.74 Å². The molecule has 2 N–H and O–H groups in total. The van der Waals surface area contributed by atoms with Crippen LogP contribution in [0.5, 0.6) is 0 Å². The minimum atomic E-state index is 0.120. The highest BCUT2D eigenvalue weighted by Gasteiger charge is 2.45. The number of hydrogen-bond donors (Lipinski definition) is 2. The highest BCUT2D eigenvalue weighted by atomic mass is 16.5. The molecule has 0 aromatic rings. The van der Waals surface area contributed by atoms with Crippen molar-refractivity contribution in [2.75, 3.05) is 19.8 Å². The lowest BCUT2D eigenvalue weighted by Gasteiger charge is -2.23. The van der Waals surface area contributed by atoms with Crippen molar-refractivity contribution in [1.29, 1.82) is 0 Å². The van der Waals surface area contributed by atoms with E-state index in [1.807, 2.05) is 0 Å². The monoisotopic (exact) mass is 226 g/mol. The molecule has 0 spiro atoms. The van der Waals surface area contributed by atoms with Crippen molar-refractivity contribution in [3.05, 3.63) is 0 Å². The molecule has 2 aliphatic rings. The van der Waals surface area contributed by atoms with Gasteiger partial charge in [0.2, 0.25) is 5.91 Å². The second kappa shape index (κ2) is 4.72. The van der Waals surface area contributed by atoms with Crippen LogP contribution in [-0.2, 0) is 9.53 Å². The molecule has 2 fully saturated rings. The Labute approximate surface area is 97.1 Å². The third-order valence-electron chi connectivity index (χ3n) is 3.61. The highest BCUT2D eigenvalue weighted by molar-refractivity contribution is 5.78. The van der Waals surface area contributed by atoms with Gasteiger partial charge < -0.3 is 15.4 Å². The van der Waals surface area contributed by atoms with Crippen LogP contribution in [0.25, 0.3) is 0 Å². The topological polar surface area (TPSA) is 50.4 Å². The van der Waals surface area contributed by atoms with E-state index in [-0.39, 0.29) is 5.91 Å². The van der Waals surface area contributed by atoms with Crippen LogP contribution in [0.1, 0.15) is 33.1 Å². The number of rotatable bonds is 4. The van der Waals surface area contributed by atoms with E-state index in [1.165, 1.54) is 6.42 Å². The minimum absolute atomic E-state index is 0.120. The van der Waals surface area contributed by atoms with E-state index in [0.717, 1.165) is 26.1 Å². The summed E-state index contributed by atoms with van der Waals surface area (Å²) < 4.78 is 5.25. The second-order valence-corrected chi connectivity index (χ2v) is 5.58. The lowest BCUT2D eigenvalue weighted by Crippen LogP contribution is -2.43. The Morgan fingerprint density at radius 1 is 1.38 bits per heavy atom. The largest absolute Gasteiger partial charge is 0.381 e. The maximum absolute atomic E-state index is 11.6. The minimum Gasteiger partial charge on any atom is -0.381 e. The van der Waals surface area contributed by atoms with Crippen LogP contribution in [0.4, 0.5) is 0 Å². The molecule has 1 saturated carbocycles. The molecule has 4 nitrogen and oxygen atoms in total. The lowest BCUT2D eigenvalue weighted by atomic mass is 10.1. The first-order valence-electron chi connectivity index (χ1n) is 6.18. The van der Waals surface area contributed by atoms with Gasteiger partial charge in [0, 0.05) is 25.3 Å². The van der Waals surface area contributed by atoms with Crippen LogP contribution in [0.3, 0.4) is 0 Å². The molecule has 1 saturated heterocycles. The van der Waals surface area contributed by atoms with Gasteiger partial charge in [-0.15, -0.1) is 0 Å². The fraction of sp³-hybridized carbons (Fsp3) is 0.917. The van der Waals surface area contributed by atoms with Crippen LogP contribution in [0, 0.1) is 5.41 Å². The van der Waals surface area contributed by atoms with Crippen molar-refractivity contribution >= 4 is 5.91 Å². The van der Waals surface area contributed by atoms with E-state index < -0.39 is 0 Å². The molecule has 0 aromatic heterocycles. The molecular formula is C12H22N2O2. The molecule has 1 unspecified atom stereocenters. The first-order chi connectivity index (χ1) is 7.58. The second-order valence-electron chi connectivity index (χ2n) is 5.58. The predicted octanol–water partition coefficient (Wildman–Crippen LogP) is 0.670. The molecule has 4 heteroatoms. The molecule has 1 amide bonds. The summed E-state index contributed by atoms with van der Waals surface area (Å²) in [6.07, 6.45) is 3.07. The normalized spacial score (nSPS) is 28.8. The summed E-state index contributed by atoms with van der Waals surface area (Å²) in [6, 6.07) is 0.836. The highest BCUT2D eigenvalue weighted by Crippen LogP contribution is 2.44. The van der Waals surface area contributed by atoms with E-state index in [9.17, 15) is 4.79 Å². The van der Waals surface area contributed by atoms with Gasteiger partial charge in [-0.05, 0) is 24.7 Å². The molecule has 0 bridgehead atoms. The summed E-state index contributed by atoms with van der Waals surface area (Å²) in [5.74, 6) is 0.120. The van der Waals surface area contributed by atoms with Crippen molar-refractivity contribution in [2.45, 2.75) is 45.2 Å². The third kappa shape index (κ3) is 3.19. The quantitative estimate of drug-likeness (QED) is 0.741. The van der Waals surface area contributed by atoms with E-state index in [1.54, 1.807) is 0 Å². The fourth-order valence-electron chi connectivity index (χ4n) is 2.15. The summed E-state index contributed by atoms with van der Waals surface area (Å²) in [7, 11) is 0. The first-order valence-corrected chi connectivity index (χ1v) is 6.18. The van der Waals surface area contributed by atoms with Crippen molar-refractivity contribution in [3.63, 3.8) is 0 Å². The van der Waals surface area contributed by atoms with Gasteiger partial charge in [0.25, 0.3) is 0 Å². The maximum Gasteiger partial charge on any atom is 0.234 e. The van der Waals surface area contributed by atoms with Gasteiger partial charge in [-0.2, -0.15) is 0 Å². The Bertz CT molecular complexity index is 260. The van der Waals surface area contributed by atoms with Gasteiger partial charge >= 0.3 is 0 Å². The molecular weight excluding hydrogens is 204 g/mol. The van der Waals surface area contributed by atoms with Crippen LogP contribution in [0.2, 0.25) is 0 Å². The van der Waals surface area contributed by atoms with Gasteiger partial charge in [-0.25, -0.2) is 0 Å². The molecule has 0 radical (unpaired) electrons. The molecule has 2 rings (SSSR count). The van der Waals surface area contributed by atoms with Crippen molar-refractivity contribution in [2.24, 2.45) is 5.41 Å². The third-order valence-corrected chi connectivity index (χ3v) is 3.61. The predicted molar refractivity (Wildman–Crippen MR) is 62.2 cm³/mol. The Hall–Kier alpha value is -0.610. The number of hydrogen-bond acceptors (Lipinski definition) is 3. The van der Waals surface area contributed by atoms with Crippen LogP contribution in [-0.4, -0.2) is 37.7 Å². The number of carbonyl (C=O) groups is 1. The number of amides is 1. The smallest absolute Gasteiger partial charge is 0.234 e. The van der Waals surface area contributed by atoms with Gasteiger partial charge in [0.1, 0.15) is 0 Å². The molecule has 1 aliphatic carbocycles. The van der Waals surface area contributed by atoms with Gasteiger partial charge in [-0.3, -0.25) is 4.79 Å². The Morgan fingerprint density at radius 2 is 2.00 bits per heavy atom. The van der Waals surface area contributed by atoms with Crippen LogP contribution < -0.4 is 10.6 Å². The SMILES string of the molecule is CC1(C)CC1NCC(=O)NC1CCOCC1. The maximum atomic E-state index is 11.6. The zero-order valence-corrected chi connectivity index (χ0v) is 10.2. The Balaban J connectivity index is 1.61. The van der Waals surface area contributed by atoms with Crippen molar-refractivity contribution < 1.29 is 9.53 Å². The molecule has 16 heavy (non-hydrogen) atoms. The molecule has 0 aromatic carbocycles. The van der Waals surface area contributed by atoms with E-state index in [2.05, 4.69) is 24.5 Å². The first kappa shape index (κ1) is 11.9. The van der Waals surface area contributed by atoms with E-state index in [0.29, 0.717) is 24.0 Å². The molecule has 92 valence electrons. The zero-order chi connectivity index (χ0) is 11.6. The summed E-state index contributed by atoms with van der Waals surface area (Å²) in [6.45, 7) is 6.44. The summed E-state index contributed by atoms with van der Waals surface area (Å²) in [5, 5.41) is 6.34. The van der Waals surface area contributed by atoms with Crippen LogP contribution >= 0.6 is 0 Å². The van der Waals surface area contributed by atoms with Gasteiger partial charge in [0.15, 0.2) is 0 Å². The average molecular weight is 226 g/mol. The Kier molecular flexibility index (Phi) is 3.50. The molecule has 1 heterocycles.